The van der Waals surface area contributed by atoms with Crippen molar-refractivity contribution < 1.29 is 19.4 Å². The summed E-state index contributed by atoms with van der Waals surface area (Å²) >= 11 is 0. The van der Waals surface area contributed by atoms with E-state index in [1.54, 1.807) is 19.1 Å². The number of phenolic OH excluding ortho intramolecular Hbond substituents is 1. The van der Waals surface area contributed by atoms with E-state index in [0.717, 1.165) is 39.6 Å². The highest BCUT2D eigenvalue weighted by Gasteiger charge is 2.37. The van der Waals surface area contributed by atoms with E-state index >= 15 is 0 Å². The maximum Gasteiger partial charge on any atom is 0.275 e. The van der Waals surface area contributed by atoms with E-state index in [-0.39, 0.29) is 22.8 Å². The summed E-state index contributed by atoms with van der Waals surface area (Å²) in [5.74, 6) is 1.64. The fourth-order valence-corrected chi connectivity index (χ4v) is 4.72. The van der Waals surface area contributed by atoms with Gasteiger partial charge >= 0.3 is 0 Å². The number of rotatable bonds is 6. The molecular weight excluding hydrogens is 476 g/mol. The molecule has 0 fully saturated rings. The van der Waals surface area contributed by atoms with Crippen molar-refractivity contribution in [2.24, 2.45) is 0 Å². The Bertz CT molecular complexity index is 1310. The molecule has 3 aromatic carbocycles. The molecule has 0 bridgehead atoms. The van der Waals surface area contributed by atoms with Gasteiger partial charge in [0.1, 0.15) is 22.9 Å². The number of benzene rings is 3. The summed E-state index contributed by atoms with van der Waals surface area (Å²) in [6, 6.07) is 18.7. The zero-order valence-electron chi connectivity index (χ0n) is 23.5. The van der Waals surface area contributed by atoms with Gasteiger partial charge in [-0.05, 0) is 94.3 Å². The molecule has 1 amide bonds. The first-order valence-electron chi connectivity index (χ1n) is 12.8. The number of anilines is 2. The fraction of sp³-hybridized carbons (Fsp3) is 0.344. The minimum Gasteiger partial charge on any atom is -0.507 e. The van der Waals surface area contributed by atoms with Crippen LogP contribution in [-0.4, -0.2) is 25.2 Å². The number of aromatic hydroxyl groups is 1. The molecule has 0 saturated heterocycles. The van der Waals surface area contributed by atoms with E-state index in [1.165, 1.54) is 0 Å². The summed E-state index contributed by atoms with van der Waals surface area (Å²) in [4.78, 5) is 15.7. The van der Waals surface area contributed by atoms with Gasteiger partial charge in [-0.15, -0.1) is 0 Å². The van der Waals surface area contributed by atoms with E-state index in [0.29, 0.717) is 11.4 Å². The van der Waals surface area contributed by atoms with Crippen LogP contribution in [0.4, 0.5) is 11.4 Å². The third kappa shape index (κ3) is 5.35. The van der Waals surface area contributed by atoms with Crippen LogP contribution in [0.15, 0.2) is 72.4 Å². The summed E-state index contributed by atoms with van der Waals surface area (Å²) in [5, 5.41) is 14.6. The Hall–Kier alpha value is -3.93. The van der Waals surface area contributed by atoms with Gasteiger partial charge in [0.15, 0.2) is 0 Å². The van der Waals surface area contributed by atoms with Crippen molar-refractivity contribution >= 4 is 17.3 Å². The number of hydrogen-bond acceptors (Lipinski definition) is 5. The predicted molar refractivity (Wildman–Crippen MR) is 153 cm³/mol. The number of nitrogens with one attached hydrogen (secondary N) is 1. The lowest BCUT2D eigenvalue weighted by atomic mass is 9.77. The van der Waals surface area contributed by atoms with Crippen molar-refractivity contribution in [1.29, 1.82) is 0 Å². The third-order valence-corrected chi connectivity index (χ3v) is 6.86. The maximum absolute atomic E-state index is 13.9. The number of amides is 1. The van der Waals surface area contributed by atoms with Gasteiger partial charge in [-0.25, -0.2) is 0 Å². The first-order valence-corrected chi connectivity index (χ1v) is 12.8. The zero-order valence-corrected chi connectivity index (χ0v) is 23.5. The summed E-state index contributed by atoms with van der Waals surface area (Å²) in [6.07, 6.45) is 1.96. The molecule has 6 heteroatoms. The third-order valence-electron chi connectivity index (χ3n) is 6.86. The molecule has 0 aromatic heterocycles. The average Bonchev–Trinajstić information content (AvgIpc) is 3.19. The normalized spacial score (nSPS) is 15.9. The van der Waals surface area contributed by atoms with Crippen LogP contribution in [0.2, 0.25) is 0 Å². The highest BCUT2D eigenvalue weighted by atomic mass is 16.5. The average molecular weight is 515 g/mol. The van der Waals surface area contributed by atoms with E-state index in [4.69, 9.17) is 9.47 Å². The van der Waals surface area contributed by atoms with Crippen molar-refractivity contribution in [3.63, 3.8) is 0 Å². The molecule has 4 rings (SSSR count). The Balaban J connectivity index is 1.86. The number of phenols is 1. The molecular formula is C32H38N2O4. The van der Waals surface area contributed by atoms with Crippen LogP contribution in [0.5, 0.6) is 17.2 Å². The first-order chi connectivity index (χ1) is 17.8. The molecule has 1 aliphatic rings. The summed E-state index contributed by atoms with van der Waals surface area (Å²) in [7, 11) is 3.24. The fourth-order valence-electron chi connectivity index (χ4n) is 4.72. The Labute approximate surface area is 225 Å². The van der Waals surface area contributed by atoms with Crippen LogP contribution >= 0.6 is 0 Å². The number of hydrogen-bond donors (Lipinski definition) is 2. The SMILES string of the molecule is COc1ccc(NC2=C[C@H](c3cc(C(C)(C)C)c(O)c(C(C)(C)C)c3)N(c3ccc(OC)cc3)C2=O)cc1. The predicted octanol–water partition coefficient (Wildman–Crippen LogP) is 7.09. The zero-order chi connectivity index (χ0) is 27.8. The number of methoxy groups -OCH3 is 2. The van der Waals surface area contributed by atoms with Crippen molar-refractivity contribution in [2.45, 2.75) is 58.4 Å². The van der Waals surface area contributed by atoms with Gasteiger partial charge in [-0.2, -0.15) is 0 Å². The largest absolute Gasteiger partial charge is 0.507 e. The molecule has 0 unspecified atom stereocenters. The number of carbonyl (C=O) groups excluding carboxylic acids is 1. The molecule has 1 heterocycles. The van der Waals surface area contributed by atoms with Gasteiger partial charge in [-0.1, -0.05) is 41.5 Å². The minimum absolute atomic E-state index is 0.140. The van der Waals surface area contributed by atoms with Gasteiger partial charge in [0.2, 0.25) is 0 Å². The first kappa shape index (κ1) is 27.1. The molecule has 0 saturated carbocycles. The van der Waals surface area contributed by atoms with E-state index in [9.17, 15) is 9.90 Å². The standard InChI is InChI=1S/C32H38N2O4/c1-31(2,3)25-17-20(18-26(29(25)35)32(4,5)6)28-19-27(33-21-9-13-23(37-7)14-10-21)30(36)34(28)22-11-15-24(38-8)16-12-22/h9-19,28,33,35H,1-8H3/t28-/m1/s1. The van der Waals surface area contributed by atoms with Crippen LogP contribution in [0, 0.1) is 0 Å². The van der Waals surface area contributed by atoms with Crippen LogP contribution in [0.3, 0.4) is 0 Å². The number of ether oxygens (including phenoxy) is 2. The van der Waals surface area contributed by atoms with Crippen LogP contribution in [0.1, 0.15) is 64.3 Å². The highest BCUT2D eigenvalue weighted by Crippen LogP contribution is 2.44. The van der Waals surface area contributed by atoms with Crippen molar-refractivity contribution in [3.8, 4) is 17.2 Å². The van der Waals surface area contributed by atoms with Crippen molar-refractivity contribution in [1.82, 2.24) is 0 Å². The van der Waals surface area contributed by atoms with E-state index in [2.05, 4.69) is 46.9 Å². The second-order valence-corrected chi connectivity index (χ2v) is 11.7. The molecule has 1 aliphatic heterocycles. The molecule has 0 spiro atoms. The maximum atomic E-state index is 13.9. The van der Waals surface area contributed by atoms with Crippen molar-refractivity contribution in [2.75, 3.05) is 24.4 Å². The minimum atomic E-state index is -0.376. The molecule has 2 N–H and O–H groups in total. The van der Waals surface area contributed by atoms with Gasteiger partial charge < -0.3 is 19.9 Å². The van der Waals surface area contributed by atoms with Gasteiger partial charge in [0.05, 0.1) is 20.3 Å². The monoisotopic (exact) mass is 514 g/mol. The molecule has 0 aliphatic carbocycles. The van der Waals surface area contributed by atoms with Gasteiger partial charge in [0, 0.05) is 11.4 Å². The molecule has 3 aromatic rings. The molecule has 200 valence electrons. The molecule has 6 nitrogen and oxygen atoms in total. The molecule has 0 radical (unpaired) electrons. The van der Waals surface area contributed by atoms with E-state index < -0.39 is 0 Å². The Morgan fingerprint density at radius 1 is 0.789 bits per heavy atom. The van der Waals surface area contributed by atoms with Gasteiger partial charge in [0.25, 0.3) is 5.91 Å². The van der Waals surface area contributed by atoms with Crippen LogP contribution in [-0.2, 0) is 15.6 Å². The van der Waals surface area contributed by atoms with Crippen LogP contribution in [0.25, 0.3) is 0 Å². The van der Waals surface area contributed by atoms with Gasteiger partial charge in [-0.3, -0.25) is 9.69 Å². The van der Waals surface area contributed by atoms with Crippen LogP contribution < -0.4 is 19.7 Å². The Kier molecular flexibility index (Phi) is 7.20. The van der Waals surface area contributed by atoms with E-state index in [1.807, 2.05) is 66.7 Å². The lowest BCUT2D eigenvalue weighted by Crippen LogP contribution is -2.31. The number of nitrogens with zero attached hydrogens (tertiary/aromatic N) is 1. The summed E-state index contributed by atoms with van der Waals surface area (Å²) < 4.78 is 10.6. The summed E-state index contributed by atoms with van der Waals surface area (Å²) in [6.45, 7) is 12.5. The van der Waals surface area contributed by atoms with Crippen molar-refractivity contribution in [3.05, 3.63) is 89.1 Å². The molecule has 38 heavy (non-hydrogen) atoms. The topological polar surface area (TPSA) is 71.0 Å². The quantitative estimate of drug-likeness (QED) is 0.368. The highest BCUT2D eigenvalue weighted by molar-refractivity contribution is 6.11. The lowest BCUT2D eigenvalue weighted by molar-refractivity contribution is -0.114. The summed E-state index contributed by atoms with van der Waals surface area (Å²) in [5.41, 5.74) is 4.10. The second-order valence-electron chi connectivity index (χ2n) is 11.7. The Morgan fingerprint density at radius 3 is 1.71 bits per heavy atom. The smallest absolute Gasteiger partial charge is 0.275 e. The Morgan fingerprint density at radius 2 is 1.26 bits per heavy atom. The second kappa shape index (κ2) is 10.1. The molecule has 1 atom stereocenters. The number of carbonyl (C=O) groups is 1. The lowest BCUT2D eigenvalue weighted by Gasteiger charge is -2.31.